The van der Waals surface area contributed by atoms with E-state index in [1.54, 1.807) is 30.2 Å². The van der Waals surface area contributed by atoms with Crippen molar-refractivity contribution < 1.29 is 9.53 Å². The summed E-state index contributed by atoms with van der Waals surface area (Å²) in [5.74, 6) is 1.60. The van der Waals surface area contributed by atoms with Crippen LogP contribution in [0.1, 0.15) is 5.82 Å². The maximum atomic E-state index is 12.6. The van der Waals surface area contributed by atoms with E-state index in [-0.39, 0.29) is 11.7 Å². The first-order valence-electron chi connectivity index (χ1n) is 9.73. The zero-order valence-electron chi connectivity index (χ0n) is 17.4. The van der Waals surface area contributed by atoms with Crippen molar-refractivity contribution in [1.29, 1.82) is 0 Å². The molecule has 10 heteroatoms. The summed E-state index contributed by atoms with van der Waals surface area (Å²) in [7, 11) is 1.62. The number of aromatic nitrogens is 4. The number of nitrogens with one attached hydrogen (secondary N) is 1. The third kappa shape index (κ3) is 5.39. The van der Waals surface area contributed by atoms with Crippen molar-refractivity contribution >= 4 is 56.7 Å². The molecular formula is C22H21N5O2S3. The van der Waals surface area contributed by atoms with Crippen molar-refractivity contribution in [2.75, 3.05) is 23.9 Å². The van der Waals surface area contributed by atoms with Gasteiger partial charge in [0.05, 0.1) is 16.0 Å². The summed E-state index contributed by atoms with van der Waals surface area (Å²) < 4.78 is 9.18. The molecule has 0 fully saturated rings. The fourth-order valence-corrected chi connectivity index (χ4v) is 5.59. The second-order valence-corrected chi connectivity index (χ2v) is 9.84. The van der Waals surface area contributed by atoms with Gasteiger partial charge in [0.25, 0.3) is 0 Å². The lowest BCUT2D eigenvalue weighted by Gasteiger charge is -2.10. The molecule has 0 radical (unpaired) electrons. The first-order chi connectivity index (χ1) is 15.7. The van der Waals surface area contributed by atoms with Gasteiger partial charge in [-0.25, -0.2) is 4.98 Å². The van der Waals surface area contributed by atoms with E-state index in [1.807, 2.05) is 59.2 Å². The molecule has 0 spiro atoms. The van der Waals surface area contributed by atoms with E-state index >= 15 is 0 Å². The van der Waals surface area contributed by atoms with Gasteiger partial charge in [-0.05, 0) is 30.3 Å². The number of anilines is 1. The molecule has 4 rings (SSSR count). The normalized spacial score (nSPS) is 11.0. The van der Waals surface area contributed by atoms with Gasteiger partial charge in [0, 0.05) is 24.2 Å². The number of carbonyl (C=O) groups is 1. The number of nitrogens with zero attached hydrogens (tertiary/aromatic N) is 4. The van der Waals surface area contributed by atoms with Crippen LogP contribution in [0.4, 0.5) is 5.69 Å². The van der Waals surface area contributed by atoms with E-state index in [9.17, 15) is 4.79 Å². The highest BCUT2D eigenvalue weighted by molar-refractivity contribution is 8.01. The van der Waals surface area contributed by atoms with Crippen LogP contribution in [-0.4, -0.2) is 44.3 Å². The first kappa shape index (κ1) is 22.5. The zero-order valence-corrected chi connectivity index (χ0v) is 19.8. The lowest BCUT2D eigenvalue weighted by molar-refractivity contribution is -0.113. The average Bonchev–Trinajstić information content (AvgIpc) is 3.40. The molecule has 2 aromatic carbocycles. The molecular weight excluding hydrogens is 462 g/mol. The predicted molar refractivity (Wildman–Crippen MR) is 132 cm³/mol. The van der Waals surface area contributed by atoms with E-state index in [2.05, 4.69) is 27.1 Å². The summed E-state index contributed by atoms with van der Waals surface area (Å²) in [6.45, 7) is 4.07. The van der Waals surface area contributed by atoms with Gasteiger partial charge in [-0.2, -0.15) is 0 Å². The number of ether oxygens (including phenoxy) is 1. The smallest absolute Gasteiger partial charge is 0.234 e. The summed E-state index contributed by atoms with van der Waals surface area (Å²) in [6.07, 6.45) is 1.86. The minimum absolute atomic E-state index is 0.115. The molecule has 0 bridgehead atoms. The topological polar surface area (TPSA) is 81.9 Å². The zero-order chi connectivity index (χ0) is 22.3. The summed E-state index contributed by atoms with van der Waals surface area (Å²) in [5.41, 5.74) is 2.60. The van der Waals surface area contributed by atoms with Gasteiger partial charge in [0.2, 0.25) is 5.91 Å². The molecule has 1 amide bonds. The van der Waals surface area contributed by atoms with Gasteiger partial charge < -0.3 is 10.1 Å². The highest BCUT2D eigenvalue weighted by Crippen LogP contribution is 2.31. The minimum atomic E-state index is -0.115. The number of para-hydroxylation sites is 1. The molecule has 2 heterocycles. The number of thioether (sulfide) groups is 2. The third-order valence-electron chi connectivity index (χ3n) is 4.30. The Balaban J connectivity index is 1.43. The van der Waals surface area contributed by atoms with Crippen molar-refractivity contribution in [3.05, 3.63) is 67.0 Å². The number of rotatable bonds is 10. The maximum absolute atomic E-state index is 12.6. The van der Waals surface area contributed by atoms with Gasteiger partial charge in [-0.3, -0.25) is 9.36 Å². The Labute approximate surface area is 198 Å². The lowest BCUT2D eigenvalue weighted by atomic mass is 10.3. The number of amides is 1. The van der Waals surface area contributed by atoms with E-state index in [0.717, 1.165) is 31.7 Å². The van der Waals surface area contributed by atoms with Gasteiger partial charge in [0.1, 0.15) is 6.61 Å². The molecule has 0 unspecified atom stereocenters. The second-order valence-electron chi connectivity index (χ2n) is 6.60. The fourth-order valence-electron chi connectivity index (χ4n) is 2.95. The molecule has 2 aromatic heterocycles. The predicted octanol–water partition coefficient (Wildman–Crippen LogP) is 5.03. The molecule has 1 N–H and O–H groups in total. The molecule has 7 nitrogen and oxygen atoms in total. The molecule has 0 aliphatic rings. The van der Waals surface area contributed by atoms with Crippen LogP contribution in [0, 0.1) is 0 Å². The van der Waals surface area contributed by atoms with E-state index in [0.29, 0.717) is 17.6 Å². The largest absolute Gasteiger partial charge is 0.377 e. The van der Waals surface area contributed by atoms with Crippen LogP contribution in [-0.2, 0) is 16.1 Å². The molecule has 0 atom stereocenters. The van der Waals surface area contributed by atoms with Crippen LogP contribution >= 0.6 is 34.9 Å². The van der Waals surface area contributed by atoms with Gasteiger partial charge in [-0.15, -0.1) is 28.1 Å². The number of hydrogen-bond donors (Lipinski definition) is 1. The summed E-state index contributed by atoms with van der Waals surface area (Å²) in [5, 5.41) is 12.1. The monoisotopic (exact) mass is 483 g/mol. The molecule has 0 aliphatic heterocycles. The van der Waals surface area contributed by atoms with Crippen molar-refractivity contribution in [2.45, 2.75) is 16.1 Å². The van der Waals surface area contributed by atoms with Gasteiger partial charge in [-0.1, -0.05) is 47.8 Å². The van der Waals surface area contributed by atoms with E-state index < -0.39 is 0 Å². The highest BCUT2D eigenvalue weighted by Gasteiger charge is 2.16. The van der Waals surface area contributed by atoms with Crippen LogP contribution in [0.25, 0.3) is 15.9 Å². The van der Waals surface area contributed by atoms with Crippen LogP contribution in [0.5, 0.6) is 0 Å². The van der Waals surface area contributed by atoms with Crippen LogP contribution < -0.4 is 5.32 Å². The Hall–Kier alpha value is -2.66. The summed E-state index contributed by atoms with van der Waals surface area (Å²) in [4.78, 5) is 17.2. The quantitative estimate of drug-likeness (QED) is 0.250. The van der Waals surface area contributed by atoms with Crippen LogP contribution in [0.15, 0.2) is 70.7 Å². The third-order valence-corrected chi connectivity index (χ3v) is 7.38. The first-order valence-corrected chi connectivity index (χ1v) is 12.5. The molecule has 164 valence electrons. The SMILES string of the molecule is C=CCSc1nc2ccc(NC(=O)CSc3nnc(COC)n3-c3ccccc3)cc2s1. The standard InChI is InChI=1S/C22H21N5O2S3/c1-3-11-30-22-24-17-10-9-15(12-18(17)32-22)23-20(28)14-31-21-26-25-19(13-29-2)27(21)16-7-5-4-6-8-16/h3-10,12H,1,11,13-14H2,2H3,(H,23,28). The molecule has 0 aliphatic carbocycles. The number of hydrogen-bond acceptors (Lipinski definition) is 8. The minimum Gasteiger partial charge on any atom is -0.377 e. The second kappa shape index (κ2) is 10.8. The van der Waals surface area contributed by atoms with E-state index in [1.165, 1.54) is 11.8 Å². The highest BCUT2D eigenvalue weighted by atomic mass is 32.2. The Morgan fingerprint density at radius 2 is 2.06 bits per heavy atom. The fraction of sp³-hybridized carbons (Fsp3) is 0.182. The Bertz CT molecular complexity index is 1220. The Morgan fingerprint density at radius 3 is 2.84 bits per heavy atom. The number of methoxy groups -OCH3 is 1. The number of benzene rings is 2. The molecule has 32 heavy (non-hydrogen) atoms. The number of thiazole rings is 1. The molecule has 0 saturated heterocycles. The van der Waals surface area contributed by atoms with Crippen molar-refractivity contribution in [3.8, 4) is 5.69 Å². The Kier molecular flexibility index (Phi) is 7.59. The van der Waals surface area contributed by atoms with Crippen molar-refractivity contribution in [1.82, 2.24) is 19.7 Å². The number of carbonyl (C=O) groups excluding carboxylic acids is 1. The number of fused-ring (bicyclic) bond motifs is 1. The summed E-state index contributed by atoms with van der Waals surface area (Å²) in [6, 6.07) is 15.5. The van der Waals surface area contributed by atoms with E-state index in [4.69, 9.17) is 4.74 Å². The van der Waals surface area contributed by atoms with Gasteiger partial charge >= 0.3 is 0 Å². The van der Waals surface area contributed by atoms with Crippen molar-refractivity contribution in [3.63, 3.8) is 0 Å². The molecule has 4 aromatic rings. The van der Waals surface area contributed by atoms with Crippen molar-refractivity contribution in [2.24, 2.45) is 0 Å². The van der Waals surface area contributed by atoms with Crippen LogP contribution in [0.3, 0.4) is 0 Å². The average molecular weight is 484 g/mol. The molecule has 0 saturated carbocycles. The van der Waals surface area contributed by atoms with Crippen LogP contribution in [0.2, 0.25) is 0 Å². The lowest BCUT2D eigenvalue weighted by Crippen LogP contribution is -2.14. The maximum Gasteiger partial charge on any atom is 0.234 e. The Morgan fingerprint density at radius 1 is 1.22 bits per heavy atom. The van der Waals surface area contributed by atoms with Gasteiger partial charge in [0.15, 0.2) is 15.3 Å². The summed E-state index contributed by atoms with van der Waals surface area (Å²) >= 11 is 4.59.